The van der Waals surface area contributed by atoms with Crippen LogP contribution in [0.25, 0.3) is 0 Å². The standard InChI is InChI=1S/C24H25BrN2O3S/c1-30-13-12-26(24(29)20-9-5-10-21(25)15-20)18-23(28)27(17-22-11-6-14-31-22)16-19-7-3-2-4-8-19/h2-11,14-15H,12-13,16-18H2,1H3. The molecule has 0 aliphatic carbocycles. The predicted molar refractivity (Wildman–Crippen MR) is 127 cm³/mol. The van der Waals surface area contributed by atoms with Crippen molar-refractivity contribution in [3.8, 4) is 0 Å². The zero-order valence-corrected chi connectivity index (χ0v) is 19.8. The first-order valence-corrected chi connectivity index (χ1v) is 11.6. The van der Waals surface area contributed by atoms with Crippen LogP contribution in [0.3, 0.4) is 0 Å². The summed E-state index contributed by atoms with van der Waals surface area (Å²) in [6.07, 6.45) is 0. The van der Waals surface area contributed by atoms with E-state index in [2.05, 4.69) is 15.9 Å². The summed E-state index contributed by atoms with van der Waals surface area (Å²) in [5.74, 6) is -0.292. The third-order valence-corrected chi connectivity index (χ3v) is 6.10. The molecule has 0 fully saturated rings. The molecule has 1 heterocycles. The van der Waals surface area contributed by atoms with Crippen molar-refractivity contribution < 1.29 is 14.3 Å². The summed E-state index contributed by atoms with van der Waals surface area (Å²) in [6.45, 7) is 1.69. The molecule has 0 unspecified atom stereocenters. The second-order valence-corrected chi connectivity index (χ2v) is 8.99. The van der Waals surface area contributed by atoms with Crippen LogP contribution in [0.2, 0.25) is 0 Å². The van der Waals surface area contributed by atoms with Crippen LogP contribution in [0.5, 0.6) is 0 Å². The number of benzene rings is 2. The highest BCUT2D eigenvalue weighted by Gasteiger charge is 2.23. The molecule has 3 aromatic rings. The summed E-state index contributed by atoms with van der Waals surface area (Å²) in [6, 6.07) is 21.1. The Morgan fingerprint density at radius 3 is 2.45 bits per heavy atom. The number of ether oxygens (including phenoxy) is 1. The van der Waals surface area contributed by atoms with Crippen LogP contribution in [0.4, 0.5) is 0 Å². The molecule has 0 saturated heterocycles. The first kappa shape index (κ1) is 23.2. The summed E-state index contributed by atoms with van der Waals surface area (Å²) in [5.41, 5.74) is 1.58. The predicted octanol–water partition coefficient (Wildman–Crippen LogP) is 4.83. The maximum Gasteiger partial charge on any atom is 0.254 e. The van der Waals surface area contributed by atoms with Gasteiger partial charge in [0, 0.05) is 35.1 Å². The quantitative estimate of drug-likeness (QED) is 0.400. The van der Waals surface area contributed by atoms with Crippen molar-refractivity contribution in [1.82, 2.24) is 9.80 Å². The minimum Gasteiger partial charge on any atom is -0.383 e. The number of nitrogens with zero attached hydrogens (tertiary/aromatic N) is 2. The molecule has 0 atom stereocenters. The Morgan fingerprint density at radius 2 is 1.77 bits per heavy atom. The molecular weight excluding hydrogens is 476 g/mol. The average Bonchev–Trinajstić information content (AvgIpc) is 3.29. The number of hydrogen-bond acceptors (Lipinski definition) is 4. The van der Waals surface area contributed by atoms with Crippen molar-refractivity contribution in [2.75, 3.05) is 26.8 Å². The molecule has 2 aromatic carbocycles. The van der Waals surface area contributed by atoms with Crippen molar-refractivity contribution in [2.24, 2.45) is 0 Å². The fourth-order valence-corrected chi connectivity index (χ4v) is 4.27. The fraction of sp³-hybridized carbons (Fsp3) is 0.250. The lowest BCUT2D eigenvalue weighted by atomic mass is 10.2. The van der Waals surface area contributed by atoms with Crippen LogP contribution >= 0.6 is 27.3 Å². The molecule has 7 heteroatoms. The Hall–Kier alpha value is -2.48. The molecule has 162 valence electrons. The van der Waals surface area contributed by atoms with Gasteiger partial charge >= 0.3 is 0 Å². The second-order valence-electron chi connectivity index (χ2n) is 7.04. The van der Waals surface area contributed by atoms with E-state index in [1.165, 1.54) is 0 Å². The Kier molecular flexibility index (Phi) is 8.82. The lowest BCUT2D eigenvalue weighted by Crippen LogP contribution is -2.43. The van der Waals surface area contributed by atoms with Gasteiger partial charge in [-0.25, -0.2) is 0 Å². The average molecular weight is 501 g/mol. The summed E-state index contributed by atoms with van der Waals surface area (Å²) in [4.78, 5) is 30.9. The van der Waals surface area contributed by atoms with Gasteiger partial charge in [0.05, 0.1) is 13.2 Å². The van der Waals surface area contributed by atoms with Crippen LogP contribution in [-0.2, 0) is 22.6 Å². The van der Waals surface area contributed by atoms with E-state index in [-0.39, 0.29) is 18.4 Å². The van der Waals surface area contributed by atoms with Gasteiger partial charge in [0.1, 0.15) is 6.54 Å². The van der Waals surface area contributed by atoms with Crippen molar-refractivity contribution in [3.05, 3.63) is 92.6 Å². The molecule has 0 aliphatic heterocycles. The number of carbonyl (C=O) groups is 2. The first-order valence-electron chi connectivity index (χ1n) is 9.94. The third kappa shape index (κ3) is 7.02. The largest absolute Gasteiger partial charge is 0.383 e. The maximum absolute atomic E-state index is 13.3. The molecule has 0 saturated carbocycles. The summed E-state index contributed by atoms with van der Waals surface area (Å²) < 4.78 is 6.00. The Balaban J connectivity index is 1.78. The summed E-state index contributed by atoms with van der Waals surface area (Å²) >= 11 is 5.02. The SMILES string of the molecule is COCCN(CC(=O)N(Cc1ccccc1)Cc1cccs1)C(=O)c1cccc(Br)c1. The van der Waals surface area contributed by atoms with Crippen molar-refractivity contribution in [3.63, 3.8) is 0 Å². The van der Waals surface area contributed by atoms with E-state index in [4.69, 9.17) is 4.74 Å². The van der Waals surface area contributed by atoms with E-state index in [0.717, 1.165) is 14.9 Å². The number of methoxy groups -OCH3 is 1. The Labute approximate surface area is 195 Å². The van der Waals surface area contributed by atoms with E-state index >= 15 is 0 Å². The monoisotopic (exact) mass is 500 g/mol. The van der Waals surface area contributed by atoms with Crippen molar-refractivity contribution >= 4 is 39.1 Å². The highest BCUT2D eigenvalue weighted by Crippen LogP contribution is 2.17. The molecule has 5 nitrogen and oxygen atoms in total. The minimum atomic E-state index is -0.192. The highest BCUT2D eigenvalue weighted by atomic mass is 79.9. The number of amides is 2. The number of rotatable bonds is 10. The van der Waals surface area contributed by atoms with Crippen LogP contribution in [0, 0.1) is 0 Å². The zero-order valence-electron chi connectivity index (χ0n) is 17.4. The van der Waals surface area contributed by atoms with E-state index in [9.17, 15) is 9.59 Å². The normalized spacial score (nSPS) is 10.6. The molecule has 1 aromatic heterocycles. The lowest BCUT2D eigenvalue weighted by molar-refractivity contribution is -0.133. The number of carbonyl (C=O) groups excluding carboxylic acids is 2. The van der Waals surface area contributed by atoms with Crippen LogP contribution in [0.1, 0.15) is 20.8 Å². The van der Waals surface area contributed by atoms with E-state index in [1.807, 2.05) is 60.0 Å². The fourth-order valence-electron chi connectivity index (χ4n) is 3.15. The van der Waals surface area contributed by atoms with Gasteiger partial charge in [-0.05, 0) is 35.2 Å². The van der Waals surface area contributed by atoms with Gasteiger partial charge in [0.15, 0.2) is 0 Å². The summed E-state index contributed by atoms with van der Waals surface area (Å²) in [7, 11) is 1.59. The number of hydrogen-bond donors (Lipinski definition) is 0. The van der Waals surface area contributed by atoms with Crippen molar-refractivity contribution in [2.45, 2.75) is 13.1 Å². The smallest absolute Gasteiger partial charge is 0.254 e. The minimum absolute atomic E-state index is 0.00703. The van der Waals surface area contributed by atoms with Crippen LogP contribution < -0.4 is 0 Å². The molecule has 31 heavy (non-hydrogen) atoms. The first-order chi connectivity index (χ1) is 15.1. The topological polar surface area (TPSA) is 49.9 Å². The molecule has 0 N–H and O–H groups in total. The van der Waals surface area contributed by atoms with Crippen LogP contribution in [0.15, 0.2) is 76.6 Å². The number of thiophene rings is 1. The van der Waals surface area contributed by atoms with Crippen LogP contribution in [-0.4, -0.2) is 48.4 Å². The molecule has 0 spiro atoms. The molecule has 0 bridgehead atoms. The third-order valence-electron chi connectivity index (χ3n) is 4.75. The van der Waals surface area contributed by atoms with Gasteiger partial charge in [0.25, 0.3) is 5.91 Å². The van der Waals surface area contributed by atoms with Gasteiger partial charge in [-0.1, -0.05) is 58.4 Å². The van der Waals surface area contributed by atoms with Gasteiger partial charge < -0.3 is 14.5 Å². The molecule has 3 rings (SSSR count). The Morgan fingerprint density at radius 1 is 0.968 bits per heavy atom. The van der Waals surface area contributed by atoms with Gasteiger partial charge in [-0.3, -0.25) is 9.59 Å². The van der Waals surface area contributed by atoms with Gasteiger partial charge in [-0.15, -0.1) is 11.3 Å². The number of halogens is 1. The molecule has 0 aliphatic rings. The maximum atomic E-state index is 13.3. The zero-order chi connectivity index (χ0) is 22.1. The summed E-state index contributed by atoms with van der Waals surface area (Å²) in [5, 5.41) is 2.00. The van der Waals surface area contributed by atoms with Crippen molar-refractivity contribution in [1.29, 1.82) is 0 Å². The van der Waals surface area contributed by atoms with Gasteiger partial charge in [-0.2, -0.15) is 0 Å². The van der Waals surface area contributed by atoms with Gasteiger partial charge in [0.2, 0.25) is 5.91 Å². The van der Waals surface area contributed by atoms with E-state index < -0.39 is 0 Å². The second kappa shape index (κ2) is 11.8. The Bertz CT molecular complexity index is 980. The molecular formula is C24H25BrN2O3S. The molecule has 0 radical (unpaired) electrons. The van der Waals surface area contributed by atoms with E-state index in [0.29, 0.717) is 31.8 Å². The lowest BCUT2D eigenvalue weighted by Gasteiger charge is -2.27. The van der Waals surface area contributed by atoms with E-state index in [1.54, 1.807) is 40.4 Å². The molecule has 2 amide bonds. The highest BCUT2D eigenvalue weighted by molar-refractivity contribution is 9.10.